The molecule has 11 heteroatoms. The van der Waals surface area contributed by atoms with Gasteiger partial charge in [-0.2, -0.15) is 0 Å². The summed E-state index contributed by atoms with van der Waals surface area (Å²) in [7, 11) is -3.04. The molecule has 3 aromatic carbocycles. The highest BCUT2D eigenvalue weighted by Gasteiger charge is 2.66. The van der Waals surface area contributed by atoms with Crippen LogP contribution in [0.15, 0.2) is 90.2 Å². The van der Waals surface area contributed by atoms with Crippen molar-refractivity contribution in [3.05, 3.63) is 107 Å². The molecule has 2 amide bonds. The summed E-state index contributed by atoms with van der Waals surface area (Å²) < 4.78 is 8.30. The van der Waals surface area contributed by atoms with E-state index in [1.807, 2.05) is 80.7 Å². The summed E-state index contributed by atoms with van der Waals surface area (Å²) in [6.45, 7) is 9.89. The maximum atomic E-state index is 14.5. The zero-order valence-electron chi connectivity index (χ0n) is 26.3. The molecule has 1 aromatic heterocycles. The zero-order chi connectivity index (χ0) is 32.8. The Kier molecular flexibility index (Phi) is 8.36. The molecular formula is C35H40N4O6Si. The number of amides is 2. The number of aromatic nitrogens is 2. The Morgan fingerprint density at radius 3 is 2.50 bits per heavy atom. The van der Waals surface area contributed by atoms with Crippen LogP contribution in [-0.2, 0) is 26.5 Å². The average molecular weight is 641 g/mol. The van der Waals surface area contributed by atoms with Gasteiger partial charge in [-0.3, -0.25) is 19.5 Å². The lowest BCUT2D eigenvalue weighted by molar-refractivity contribution is -0.149. The second-order valence-electron chi connectivity index (χ2n) is 12.8. The zero-order valence-corrected chi connectivity index (χ0v) is 27.3. The lowest BCUT2D eigenvalue weighted by Crippen LogP contribution is -2.46. The number of ether oxygens (including phenoxy) is 1. The number of benzene rings is 3. The van der Waals surface area contributed by atoms with Gasteiger partial charge in [0.1, 0.15) is 0 Å². The van der Waals surface area contributed by atoms with Crippen LogP contribution in [0.25, 0.3) is 16.6 Å². The highest BCUT2D eigenvalue weighted by atomic mass is 28.4. The molecular weight excluding hydrogens is 600 g/mol. The van der Waals surface area contributed by atoms with Crippen LogP contribution in [0.1, 0.15) is 24.5 Å². The lowest BCUT2D eigenvalue weighted by atomic mass is 9.82. The first-order valence-corrected chi connectivity index (χ1v) is 18.6. The van der Waals surface area contributed by atoms with E-state index in [1.54, 1.807) is 28.0 Å². The van der Waals surface area contributed by atoms with E-state index >= 15 is 0 Å². The van der Waals surface area contributed by atoms with Gasteiger partial charge in [0.05, 0.1) is 41.4 Å². The van der Waals surface area contributed by atoms with Crippen LogP contribution < -0.4 is 10.5 Å². The Balaban J connectivity index is 1.42. The molecule has 10 nitrogen and oxygen atoms in total. The molecule has 3 N–H and O–H groups in total. The minimum atomic E-state index is -3.04. The number of nitrogens with one attached hydrogen (secondary N) is 1. The van der Waals surface area contributed by atoms with Gasteiger partial charge in [-0.15, -0.1) is 6.58 Å². The smallest absolute Gasteiger partial charge is 0.279 e. The average Bonchev–Trinajstić information content (AvgIpc) is 3.61. The topological polar surface area (TPSA) is 128 Å². The van der Waals surface area contributed by atoms with Crippen LogP contribution in [0.3, 0.4) is 0 Å². The number of fused-ring (bicyclic) bond motifs is 3. The first kappa shape index (κ1) is 31.7. The van der Waals surface area contributed by atoms with Crippen molar-refractivity contribution in [2.75, 3.05) is 24.6 Å². The molecule has 1 fully saturated rings. The number of rotatable bonds is 10. The summed E-state index contributed by atoms with van der Waals surface area (Å²) >= 11 is 0. The Bertz CT molecular complexity index is 1850. The van der Waals surface area contributed by atoms with Crippen LogP contribution in [-0.4, -0.2) is 70.5 Å². The van der Waals surface area contributed by atoms with Crippen LogP contribution in [0, 0.1) is 5.92 Å². The van der Waals surface area contributed by atoms with Crippen molar-refractivity contribution in [1.29, 1.82) is 0 Å². The van der Waals surface area contributed by atoms with Gasteiger partial charge in [0.15, 0.2) is 13.9 Å². The summed E-state index contributed by atoms with van der Waals surface area (Å²) in [5, 5.41) is 13.5. The van der Waals surface area contributed by atoms with E-state index in [2.05, 4.69) is 11.7 Å². The molecule has 0 unspecified atom stereocenters. The van der Waals surface area contributed by atoms with Gasteiger partial charge in [0, 0.05) is 36.7 Å². The number of nitrogens with zero attached hydrogens (tertiary/aromatic N) is 3. The van der Waals surface area contributed by atoms with E-state index in [0.717, 1.165) is 5.56 Å². The molecule has 3 heterocycles. The highest BCUT2D eigenvalue weighted by molar-refractivity contribution is 6.71. The van der Waals surface area contributed by atoms with Crippen LogP contribution in [0.4, 0.5) is 5.69 Å². The quantitative estimate of drug-likeness (QED) is 0.177. The monoisotopic (exact) mass is 640 g/mol. The van der Waals surface area contributed by atoms with Gasteiger partial charge < -0.3 is 24.4 Å². The van der Waals surface area contributed by atoms with Crippen molar-refractivity contribution in [3.8, 4) is 5.69 Å². The largest absolute Gasteiger partial charge is 0.432 e. The Hall–Kier alpha value is -4.29. The minimum absolute atomic E-state index is 0.0637. The number of aromatic amines is 1. The van der Waals surface area contributed by atoms with Gasteiger partial charge in [0.2, 0.25) is 5.91 Å². The Labute approximate surface area is 268 Å². The number of aliphatic hydroxyl groups is 1. The van der Waals surface area contributed by atoms with Gasteiger partial charge in [-0.1, -0.05) is 55.5 Å². The third-order valence-electron chi connectivity index (χ3n) is 9.44. The van der Waals surface area contributed by atoms with Gasteiger partial charge >= 0.3 is 0 Å². The van der Waals surface area contributed by atoms with Crippen molar-refractivity contribution >= 4 is 36.7 Å². The number of anilines is 1. The lowest BCUT2D eigenvalue weighted by Gasteiger charge is -2.32. The molecule has 6 rings (SSSR count). The number of para-hydroxylation sites is 1. The number of aliphatic hydroxyl groups excluding tert-OH is 1. The Morgan fingerprint density at radius 2 is 1.83 bits per heavy atom. The van der Waals surface area contributed by atoms with Gasteiger partial charge in [-0.25, -0.2) is 4.68 Å². The molecule has 0 saturated carbocycles. The summed E-state index contributed by atoms with van der Waals surface area (Å²) in [4.78, 5) is 56.6. The maximum absolute atomic E-state index is 14.5. The minimum Gasteiger partial charge on any atom is -0.432 e. The molecule has 46 heavy (non-hydrogen) atoms. The number of H-pyrrole nitrogens is 1. The number of carbonyl (C=O) groups excluding carboxylic acids is 2. The molecule has 1 spiro atoms. The highest BCUT2D eigenvalue weighted by Crippen LogP contribution is 2.59. The Morgan fingerprint density at radius 1 is 1.11 bits per heavy atom. The van der Waals surface area contributed by atoms with E-state index in [-0.39, 0.29) is 43.5 Å². The SMILES string of the molecule is C=CCN1C(=O)[C@]2(O[C@H](CC(=O)N(CCO)Cc3ccccc3)[C@@H]([Si](C)(C)O)[C@@H]2C)c2cc(-n3[nH]c4ccccc4c3=O)ccc21. The molecule has 4 aromatic rings. The van der Waals surface area contributed by atoms with Crippen molar-refractivity contribution in [1.82, 2.24) is 14.7 Å². The standard InChI is InChI=1S/C35H40N4O6Si/c1-5-17-38-29-16-15-25(39-33(42)26-13-9-10-14-28(26)36-39)20-27(29)35(34(38)43)23(2)32(46(3,4)44)30(45-35)21-31(41)37(18-19-40)22-24-11-7-6-8-12-24/h5-16,20,23,30,32,36,40,44H,1,17-19,21-22H2,2-4H3/t23-,30+,32-,35+/m0/s1. The van der Waals surface area contributed by atoms with E-state index in [9.17, 15) is 24.3 Å². The molecule has 4 atom stereocenters. The van der Waals surface area contributed by atoms with Crippen molar-refractivity contribution < 1.29 is 24.2 Å². The fourth-order valence-electron chi connectivity index (χ4n) is 7.47. The first-order chi connectivity index (χ1) is 22.0. The van der Waals surface area contributed by atoms with E-state index < -0.39 is 31.5 Å². The van der Waals surface area contributed by atoms with Gasteiger partial charge in [0.25, 0.3) is 11.5 Å². The van der Waals surface area contributed by atoms with E-state index in [4.69, 9.17) is 4.74 Å². The van der Waals surface area contributed by atoms with Crippen LogP contribution in [0.2, 0.25) is 18.6 Å². The molecule has 0 bridgehead atoms. The van der Waals surface area contributed by atoms with Crippen LogP contribution >= 0.6 is 0 Å². The van der Waals surface area contributed by atoms with E-state index in [0.29, 0.717) is 34.4 Å². The predicted molar refractivity (Wildman–Crippen MR) is 179 cm³/mol. The fourth-order valence-corrected chi connectivity index (χ4v) is 10.0. The number of hydrogen-bond acceptors (Lipinski definition) is 6. The predicted octanol–water partition coefficient (Wildman–Crippen LogP) is 4.06. The summed E-state index contributed by atoms with van der Waals surface area (Å²) in [6.07, 6.45) is 0.827. The summed E-state index contributed by atoms with van der Waals surface area (Å²) in [6, 6.07) is 22.2. The number of hydrogen-bond donors (Lipinski definition) is 3. The summed E-state index contributed by atoms with van der Waals surface area (Å²) in [5.74, 6) is -1.01. The fraction of sp³-hybridized carbons (Fsp3) is 0.343. The van der Waals surface area contributed by atoms with E-state index in [1.165, 1.54) is 4.68 Å². The maximum Gasteiger partial charge on any atom is 0.279 e. The molecule has 1 saturated heterocycles. The molecule has 2 aliphatic rings. The molecule has 0 aliphatic carbocycles. The van der Waals surface area contributed by atoms with Crippen molar-refractivity contribution in [2.45, 2.75) is 50.2 Å². The number of carbonyl (C=O) groups is 2. The third-order valence-corrected chi connectivity index (χ3v) is 11.9. The molecule has 2 aliphatic heterocycles. The van der Waals surface area contributed by atoms with Gasteiger partial charge in [-0.05, 0) is 49.0 Å². The molecule has 0 radical (unpaired) electrons. The second kappa shape index (κ2) is 12.1. The third kappa shape index (κ3) is 5.22. The van der Waals surface area contributed by atoms with Crippen molar-refractivity contribution in [2.24, 2.45) is 5.92 Å². The van der Waals surface area contributed by atoms with Crippen molar-refractivity contribution in [3.63, 3.8) is 0 Å². The summed E-state index contributed by atoms with van der Waals surface area (Å²) in [5.41, 5.74) is 1.20. The van der Waals surface area contributed by atoms with Crippen LogP contribution in [0.5, 0.6) is 0 Å². The second-order valence-corrected chi connectivity index (χ2v) is 16.8. The normalized spacial score (nSPS) is 22.5. The molecule has 240 valence electrons. The first-order valence-electron chi connectivity index (χ1n) is 15.6.